The van der Waals surface area contributed by atoms with E-state index in [0.29, 0.717) is 28.1 Å². The Balaban J connectivity index is 1.63. The van der Waals surface area contributed by atoms with Crippen molar-refractivity contribution in [2.24, 2.45) is 0 Å². The number of amides is 1. The van der Waals surface area contributed by atoms with E-state index in [1.165, 1.54) is 16.2 Å². The monoisotopic (exact) mass is 402 g/mol. The van der Waals surface area contributed by atoms with E-state index in [-0.39, 0.29) is 18.1 Å². The molecule has 0 radical (unpaired) electrons. The van der Waals surface area contributed by atoms with Crippen molar-refractivity contribution >= 4 is 28.7 Å². The van der Waals surface area contributed by atoms with Crippen molar-refractivity contribution in [2.75, 3.05) is 12.4 Å². The number of benzene rings is 2. The Bertz CT molecular complexity index is 1270. The van der Waals surface area contributed by atoms with Gasteiger partial charge in [-0.25, -0.2) is 19.1 Å². The van der Waals surface area contributed by atoms with Gasteiger partial charge in [0.25, 0.3) is 0 Å². The number of para-hydroxylation sites is 1. The number of methoxy groups -OCH3 is 1. The Morgan fingerprint density at radius 3 is 2.43 bits per heavy atom. The first-order valence-electron chi connectivity index (χ1n) is 9.18. The summed E-state index contributed by atoms with van der Waals surface area (Å²) in [6.07, 6.45) is 1.61. The smallest absolute Gasteiger partial charge is 0.337 e. The zero-order valence-corrected chi connectivity index (χ0v) is 16.1. The molecule has 0 atom stereocenters. The number of aromatic nitrogens is 3. The van der Waals surface area contributed by atoms with Crippen molar-refractivity contribution in [2.45, 2.75) is 6.54 Å². The molecule has 1 N–H and O–H groups in total. The molecule has 8 heteroatoms. The minimum atomic E-state index is -0.458. The lowest BCUT2D eigenvalue weighted by Gasteiger charge is -2.07. The molecule has 0 aliphatic heterocycles. The van der Waals surface area contributed by atoms with Gasteiger partial charge in [-0.3, -0.25) is 9.36 Å². The van der Waals surface area contributed by atoms with Gasteiger partial charge >= 0.3 is 11.7 Å². The maximum Gasteiger partial charge on any atom is 0.337 e. The number of esters is 1. The number of carbonyl (C=O) groups excluding carboxylic acids is 2. The number of anilines is 1. The predicted molar refractivity (Wildman–Crippen MR) is 112 cm³/mol. The SMILES string of the molecule is COC(=O)c1ccc(NC(=O)Cn2c(=O)n(-c3ccccc3)c3ncccc32)cc1. The van der Waals surface area contributed by atoms with Crippen LogP contribution in [0.1, 0.15) is 10.4 Å². The quantitative estimate of drug-likeness (QED) is 0.518. The molecule has 150 valence electrons. The highest BCUT2D eigenvalue weighted by Gasteiger charge is 2.17. The Kier molecular flexibility index (Phi) is 5.13. The molecule has 0 unspecified atom stereocenters. The van der Waals surface area contributed by atoms with Gasteiger partial charge in [-0.1, -0.05) is 18.2 Å². The second-order valence-electron chi connectivity index (χ2n) is 6.50. The predicted octanol–water partition coefficient (Wildman–Crippen LogP) is 2.61. The highest BCUT2D eigenvalue weighted by Crippen LogP contribution is 2.16. The fourth-order valence-corrected chi connectivity index (χ4v) is 3.20. The summed E-state index contributed by atoms with van der Waals surface area (Å²) >= 11 is 0. The van der Waals surface area contributed by atoms with Gasteiger partial charge in [0.05, 0.1) is 23.9 Å². The van der Waals surface area contributed by atoms with Crippen LogP contribution in [0, 0.1) is 0 Å². The van der Waals surface area contributed by atoms with Gasteiger partial charge in [-0.2, -0.15) is 0 Å². The zero-order chi connectivity index (χ0) is 21.1. The Morgan fingerprint density at radius 1 is 1.00 bits per heavy atom. The van der Waals surface area contributed by atoms with Gasteiger partial charge in [0.15, 0.2) is 5.65 Å². The van der Waals surface area contributed by atoms with Crippen molar-refractivity contribution in [3.8, 4) is 5.69 Å². The molecule has 0 aliphatic carbocycles. The number of nitrogens with zero attached hydrogens (tertiary/aromatic N) is 3. The van der Waals surface area contributed by atoms with Crippen LogP contribution in [0.5, 0.6) is 0 Å². The molecule has 0 spiro atoms. The second-order valence-corrected chi connectivity index (χ2v) is 6.50. The van der Waals surface area contributed by atoms with Crippen molar-refractivity contribution in [1.82, 2.24) is 14.1 Å². The molecular formula is C22H18N4O4. The topological polar surface area (TPSA) is 95.2 Å². The summed E-state index contributed by atoms with van der Waals surface area (Å²) in [4.78, 5) is 41.5. The first-order valence-corrected chi connectivity index (χ1v) is 9.18. The number of ether oxygens (including phenoxy) is 1. The molecule has 4 rings (SSSR count). The molecule has 2 heterocycles. The third kappa shape index (κ3) is 3.58. The number of nitrogens with one attached hydrogen (secondary N) is 1. The van der Waals surface area contributed by atoms with Gasteiger partial charge in [-0.15, -0.1) is 0 Å². The molecule has 0 bridgehead atoms. The summed E-state index contributed by atoms with van der Waals surface area (Å²) in [5, 5.41) is 2.74. The van der Waals surface area contributed by atoms with E-state index in [0.717, 1.165) is 0 Å². The number of rotatable bonds is 5. The van der Waals surface area contributed by atoms with Crippen LogP contribution in [0.25, 0.3) is 16.9 Å². The average molecular weight is 402 g/mol. The van der Waals surface area contributed by atoms with Crippen LogP contribution in [-0.4, -0.2) is 33.1 Å². The minimum Gasteiger partial charge on any atom is -0.465 e. The van der Waals surface area contributed by atoms with Crippen molar-refractivity contribution in [3.05, 3.63) is 89.0 Å². The largest absolute Gasteiger partial charge is 0.465 e. The van der Waals surface area contributed by atoms with E-state index in [2.05, 4.69) is 15.0 Å². The van der Waals surface area contributed by atoms with Crippen LogP contribution >= 0.6 is 0 Å². The lowest BCUT2D eigenvalue weighted by molar-refractivity contribution is -0.116. The van der Waals surface area contributed by atoms with E-state index in [1.54, 1.807) is 42.6 Å². The summed E-state index contributed by atoms with van der Waals surface area (Å²) in [7, 11) is 1.30. The molecular weight excluding hydrogens is 384 g/mol. The van der Waals surface area contributed by atoms with Crippen molar-refractivity contribution < 1.29 is 14.3 Å². The van der Waals surface area contributed by atoms with Crippen molar-refractivity contribution in [1.29, 1.82) is 0 Å². The number of hydrogen-bond donors (Lipinski definition) is 1. The molecule has 30 heavy (non-hydrogen) atoms. The van der Waals surface area contributed by atoms with Gasteiger partial charge in [-0.05, 0) is 48.5 Å². The highest BCUT2D eigenvalue weighted by molar-refractivity contribution is 5.93. The third-order valence-electron chi connectivity index (χ3n) is 4.60. The first kappa shape index (κ1) is 19.1. The van der Waals surface area contributed by atoms with Crippen molar-refractivity contribution in [3.63, 3.8) is 0 Å². The van der Waals surface area contributed by atoms with Crippen LogP contribution in [-0.2, 0) is 16.1 Å². The molecule has 0 fully saturated rings. The van der Waals surface area contributed by atoms with Crippen LogP contribution < -0.4 is 11.0 Å². The maximum atomic E-state index is 13.1. The van der Waals surface area contributed by atoms with E-state index in [9.17, 15) is 14.4 Å². The molecule has 1 amide bonds. The summed E-state index contributed by atoms with van der Waals surface area (Å²) in [6.45, 7) is -0.181. The number of imidazole rings is 1. The van der Waals surface area contributed by atoms with Gasteiger partial charge in [0.2, 0.25) is 5.91 Å². The van der Waals surface area contributed by atoms with Crippen LogP contribution in [0.2, 0.25) is 0 Å². The fraction of sp³-hybridized carbons (Fsp3) is 0.0909. The normalized spacial score (nSPS) is 10.7. The summed E-state index contributed by atoms with van der Waals surface area (Å²) < 4.78 is 7.52. The van der Waals surface area contributed by atoms with E-state index < -0.39 is 5.97 Å². The van der Waals surface area contributed by atoms with E-state index in [4.69, 9.17) is 0 Å². The Labute approximate surface area is 171 Å². The van der Waals surface area contributed by atoms with E-state index in [1.807, 2.05) is 30.3 Å². The molecule has 2 aromatic carbocycles. The first-order chi connectivity index (χ1) is 14.6. The number of carbonyl (C=O) groups is 2. The standard InChI is InChI=1S/C22H18N4O4/c1-30-21(28)15-9-11-16(12-10-15)24-19(27)14-25-18-8-5-13-23-20(18)26(22(25)29)17-6-3-2-4-7-17/h2-13H,14H2,1H3,(H,24,27). The van der Waals surface area contributed by atoms with Gasteiger partial charge in [0, 0.05) is 11.9 Å². The Hall–Kier alpha value is -4.20. The lowest BCUT2D eigenvalue weighted by Crippen LogP contribution is -2.28. The molecule has 2 aromatic heterocycles. The fourth-order valence-electron chi connectivity index (χ4n) is 3.20. The Morgan fingerprint density at radius 2 is 1.73 bits per heavy atom. The number of pyridine rings is 1. The number of hydrogen-bond acceptors (Lipinski definition) is 5. The van der Waals surface area contributed by atoms with Gasteiger partial charge in [0.1, 0.15) is 6.54 Å². The van der Waals surface area contributed by atoms with Gasteiger partial charge < -0.3 is 10.1 Å². The maximum absolute atomic E-state index is 13.1. The summed E-state index contributed by atoms with van der Waals surface area (Å²) in [5.74, 6) is -0.834. The molecule has 0 saturated heterocycles. The van der Waals surface area contributed by atoms with Crippen LogP contribution in [0.15, 0.2) is 77.7 Å². The summed E-state index contributed by atoms with van der Waals surface area (Å²) in [5.41, 5.74) is 2.23. The van der Waals surface area contributed by atoms with E-state index >= 15 is 0 Å². The molecule has 4 aromatic rings. The average Bonchev–Trinajstić information content (AvgIpc) is 3.05. The zero-order valence-electron chi connectivity index (χ0n) is 16.1. The highest BCUT2D eigenvalue weighted by atomic mass is 16.5. The third-order valence-corrected chi connectivity index (χ3v) is 4.60. The van der Waals surface area contributed by atoms with Crippen LogP contribution in [0.4, 0.5) is 5.69 Å². The van der Waals surface area contributed by atoms with Crippen LogP contribution in [0.3, 0.4) is 0 Å². The number of fused-ring (bicyclic) bond motifs is 1. The second kappa shape index (κ2) is 8.04. The lowest BCUT2D eigenvalue weighted by atomic mass is 10.2. The minimum absolute atomic E-state index is 0.181. The molecule has 0 aliphatic rings. The molecule has 8 nitrogen and oxygen atoms in total. The summed E-state index contributed by atoms with van der Waals surface area (Å²) in [6, 6.07) is 18.9. The molecule has 0 saturated carbocycles.